The Morgan fingerprint density at radius 1 is 0.270 bits per heavy atom. The van der Waals surface area contributed by atoms with Crippen LogP contribution in [0.25, 0.3) is 0 Å². The smallest absolute Gasteiger partial charge is 0.306 e. The monoisotopic (exact) mass is 1040 g/mol. The molecule has 0 aliphatic rings. The Morgan fingerprint density at radius 2 is 0.500 bits per heavy atom. The maximum atomic E-state index is 12.8. The Balaban J connectivity index is 4.01. The van der Waals surface area contributed by atoms with Gasteiger partial charge in [0.15, 0.2) is 6.10 Å². The molecule has 0 bridgehead atoms. The van der Waals surface area contributed by atoms with Crippen LogP contribution >= 0.6 is 0 Å². The fraction of sp³-hybridized carbons (Fsp3) is 0.838. The Labute approximate surface area is 460 Å². The summed E-state index contributed by atoms with van der Waals surface area (Å²) in [4.78, 5) is 38.1. The minimum atomic E-state index is -0.777. The van der Waals surface area contributed by atoms with Crippen molar-refractivity contribution in [3.8, 4) is 0 Å². The van der Waals surface area contributed by atoms with Crippen LogP contribution in [0.1, 0.15) is 348 Å². The van der Waals surface area contributed by atoms with Gasteiger partial charge in [0.25, 0.3) is 0 Å². The second-order valence-electron chi connectivity index (χ2n) is 22.0. The van der Waals surface area contributed by atoms with Gasteiger partial charge in [0.2, 0.25) is 0 Å². The predicted molar refractivity (Wildman–Crippen MR) is 321 cm³/mol. The summed E-state index contributed by atoms with van der Waals surface area (Å²) in [7, 11) is 0. The van der Waals surface area contributed by atoms with Crippen LogP contribution < -0.4 is 0 Å². The van der Waals surface area contributed by atoms with Crippen molar-refractivity contribution in [3.63, 3.8) is 0 Å². The van der Waals surface area contributed by atoms with Crippen LogP contribution in [0.2, 0.25) is 0 Å². The van der Waals surface area contributed by atoms with Gasteiger partial charge in [-0.1, -0.05) is 281 Å². The summed E-state index contributed by atoms with van der Waals surface area (Å²) in [6.07, 6.45) is 78.7. The molecule has 0 aliphatic heterocycles. The Kier molecular flexibility index (Phi) is 60.7. The molecule has 0 rings (SSSR count). The average molecular weight is 1040 g/mol. The van der Waals surface area contributed by atoms with Crippen molar-refractivity contribution >= 4 is 17.9 Å². The van der Waals surface area contributed by atoms with Gasteiger partial charge in [-0.05, 0) is 96.3 Å². The van der Waals surface area contributed by atoms with Gasteiger partial charge in [0, 0.05) is 19.3 Å². The third-order valence-electron chi connectivity index (χ3n) is 14.5. The summed E-state index contributed by atoms with van der Waals surface area (Å²) < 4.78 is 16.8. The lowest BCUT2D eigenvalue weighted by molar-refractivity contribution is -0.167. The zero-order chi connectivity index (χ0) is 53.6. The summed E-state index contributed by atoms with van der Waals surface area (Å²) in [5.41, 5.74) is 0. The van der Waals surface area contributed by atoms with Gasteiger partial charge >= 0.3 is 17.9 Å². The van der Waals surface area contributed by atoms with E-state index in [1.54, 1.807) is 0 Å². The van der Waals surface area contributed by atoms with Crippen molar-refractivity contribution in [1.29, 1.82) is 0 Å². The molecule has 0 aromatic carbocycles. The van der Waals surface area contributed by atoms with Crippen molar-refractivity contribution in [3.05, 3.63) is 48.6 Å². The van der Waals surface area contributed by atoms with Gasteiger partial charge in [-0.2, -0.15) is 0 Å². The van der Waals surface area contributed by atoms with Crippen LogP contribution in [0.5, 0.6) is 0 Å². The molecule has 0 saturated carbocycles. The minimum Gasteiger partial charge on any atom is -0.462 e. The highest BCUT2D eigenvalue weighted by atomic mass is 16.6. The predicted octanol–water partition coefficient (Wildman–Crippen LogP) is 22.2. The van der Waals surface area contributed by atoms with Crippen molar-refractivity contribution in [1.82, 2.24) is 0 Å². The molecule has 0 aromatic rings. The van der Waals surface area contributed by atoms with E-state index in [1.807, 2.05) is 0 Å². The van der Waals surface area contributed by atoms with E-state index in [-0.39, 0.29) is 31.1 Å². The molecule has 432 valence electrons. The molecule has 0 spiro atoms. The maximum absolute atomic E-state index is 12.8. The van der Waals surface area contributed by atoms with Gasteiger partial charge in [0.05, 0.1) is 0 Å². The third-order valence-corrected chi connectivity index (χ3v) is 14.5. The molecule has 0 heterocycles. The molecular formula is C68H124O6. The highest BCUT2D eigenvalue weighted by Gasteiger charge is 2.19. The lowest BCUT2D eigenvalue weighted by Crippen LogP contribution is -2.30. The highest BCUT2D eigenvalue weighted by Crippen LogP contribution is 2.17. The molecule has 6 heteroatoms. The van der Waals surface area contributed by atoms with Crippen LogP contribution in [0, 0.1) is 0 Å². The Morgan fingerprint density at radius 3 is 0.824 bits per heavy atom. The van der Waals surface area contributed by atoms with Gasteiger partial charge in [-0.25, -0.2) is 0 Å². The van der Waals surface area contributed by atoms with Crippen molar-refractivity contribution < 1.29 is 28.6 Å². The summed E-state index contributed by atoms with van der Waals surface area (Å²) in [6, 6.07) is 0. The topological polar surface area (TPSA) is 78.9 Å². The summed E-state index contributed by atoms with van der Waals surface area (Å²) in [5.74, 6) is -0.879. The van der Waals surface area contributed by atoms with Crippen LogP contribution in [-0.4, -0.2) is 37.2 Å². The normalized spacial score (nSPS) is 12.3. The van der Waals surface area contributed by atoms with Gasteiger partial charge in [-0.15, -0.1) is 0 Å². The maximum Gasteiger partial charge on any atom is 0.306 e. The first-order chi connectivity index (χ1) is 36.5. The molecule has 0 aromatic heterocycles. The number of unbranched alkanes of at least 4 members (excludes halogenated alkanes) is 41. The molecule has 0 saturated heterocycles. The van der Waals surface area contributed by atoms with E-state index in [0.29, 0.717) is 19.3 Å². The zero-order valence-electron chi connectivity index (χ0n) is 49.6. The number of ether oxygens (including phenoxy) is 3. The van der Waals surface area contributed by atoms with Crippen LogP contribution in [-0.2, 0) is 28.6 Å². The largest absolute Gasteiger partial charge is 0.462 e. The van der Waals surface area contributed by atoms with Gasteiger partial charge in [-0.3, -0.25) is 14.4 Å². The number of esters is 3. The van der Waals surface area contributed by atoms with Crippen LogP contribution in [0.4, 0.5) is 0 Å². The quantitative estimate of drug-likeness (QED) is 0.0261. The molecule has 0 fully saturated rings. The van der Waals surface area contributed by atoms with E-state index in [2.05, 4.69) is 69.4 Å². The molecule has 6 nitrogen and oxygen atoms in total. The van der Waals surface area contributed by atoms with E-state index in [9.17, 15) is 14.4 Å². The van der Waals surface area contributed by atoms with E-state index < -0.39 is 6.10 Å². The Bertz CT molecular complexity index is 1280. The number of carbonyl (C=O) groups excluding carboxylic acids is 3. The lowest BCUT2D eigenvalue weighted by Gasteiger charge is -2.18. The first-order valence-corrected chi connectivity index (χ1v) is 32.6. The second kappa shape index (κ2) is 62.9. The molecule has 0 amide bonds. The lowest BCUT2D eigenvalue weighted by atomic mass is 10.0. The molecule has 74 heavy (non-hydrogen) atoms. The van der Waals surface area contributed by atoms with Crippen LogP contribution in [0.15, 0.2) is 48.6 Å². The fourth-order valence-corrected chi connectivity index (χ4v) is 9.57. The van der Waals surface area contributed by atoms with Gasteiger partial charge < -0.3 is 14.2 Å². The summed E-state index contributed by atoms with van der Waals surface area (Å²) in [6.45, 7) is 6.59. The first-order valence-electron chi connectivity index (χ1n) is 32.6. The van der Waals surface area contributed by atoms with Crippen molar-refractivity contribution in [2.75, 3.05) is 13.2 Å². The van der Waals surface area contributed by atoms with E-state index >= 15 is 0 Å². The number of carbonyl (C=O) groups is 3. The van der Waals surface area contributed by atoms with Crippen LogP contribution in [0.3, 0.4) is 0 Å². The van der Waals surface area contributed by atoms with E-state index in [4.69, 9.17) is 14.2 Å². The highest BCUT2D eigenvalue weighted by molar-refractivity contribution is 5.71. The molecule has 1 atom stereocenters. The minimum absolute atomic E-state index is 0.0755. The number of hydrogen-bond acceptors (Lipinski definition) is 6. The SMILES string of the molecule is CCCC/C=C\CCCCCCCC(=O)OCC(COC(=O)CCCCCCCCCCCCCCCCCCCCCCC/C=C\C/C=C\CCCCCCC)OC(=O)CCCCCCC/C=C\CCCCC. The fourth-order valence-electron chi connectivity index (χ4n) is 9.57. The summed E-state index contributed by atoms with van der Waals surface area (Å²) >= 11 is 0. The third kappa shape index (κ3) is 60.2. The first kappa shape index (κ1) is 71.4. The number of rotatable bonds is 60. The molecule has 0 aliphatic carbocycles. The van der Waals surface area contributed by atoms with Crippen molar-refractivity contribution in [2.45, 2.75) is 354 Å². The zero-order valence-corrected chi connectivity index (χ0v) is 49.6. The number of allylic oxidation sites excluding steroid dienone is 8. The molecule has 1 unspecified atom stereocenters. The Hall–Kier alpha value is -2.63. The molecule has 0 radical (unpaired) electrons. The van der Waals surface area contributed by atoms with E-state index in [1.165, 1.54) is 225 Å². The molecule has 0 N–H and O–H groups in total. The average Bonchev–Trinajstić information content (AvgIpc) is 3.40. The van der Waals surface area contributed by atoms with Crippen molar-refractivity contribution in [2.24, 2.45) is 0 Å². The standard InChI is InChI=1S/C68H124O6/c1-4-7-10-13-16-19-22-24-25-26-27-28-29-30-31-32-33-34-35-36-37-38-39-40-41-42-43-44-47-49-52-55-58-61-67(70)73-64-65(63-72-66(69)60-57-54-51-48-45-21-18-15-12-9-6-3)74-68(71)62-59-56-53-50-46-23-20-17-14-11-8-5-2/h15,17-18,20,22,24,26-27,65H,4-14,16,19,21,23,25,28-64H2,1-3H3/b18-15-,20-17-,24-22-,27-26-. The van der Waals surface area contributed by atoms with Gasteiger partial charge in [0.1, 0.15) is 13.2 Å². The second-order valence-corrected chi connectivity index (χ2v) is 22.0. The summed E-state index contributed by atoms with van der Waals surface area (Å²) in [5, 5.41) is 0. The molecular weight excluding hydrogens is 913 g/mol. The van der Waals surface area contributed by atoms with E-state index in [0.717, 1.165) is 83.5 Å². The number of hydrogen-bond donors (Lipinski definition) is 0.